The Balaban J connectivity index is 1.59. The lowest BCUT2D eigenvalue weighted by Crippen LogP contribution is -2.38. The van der Waals surface area contributed by atoms with Gasteiger partial charge < -0.3 is 18.9 Å². The summed E-state index contributed by atoms with van der Waals surface area (Å²) in [5.41, 5.74) is 0.191. The van der Waals surface area contributed by atoms with Crippen LogP contribution < -0.4 is 20.7 Å². The first-order valence-corrected chi connectivity index (χ1v) is 15.9. The first-order valence-electron chi connectivity index (χ1n) is 14.0. The zero-order valence-electron chi connectivity index (χ0n) is 24.8. The van der Waals surface area contributed by atoms with E-state index >= 15 is 0 Å². The maximum Gasteiger partial charge on any atom is 0.364 e. The molecule has 1 aliphatic heterocycles. The van der Waals surface area contributed by atoms with E-state index in [-0.39, 0.29) is 13.0 Å². The number of hydrogen-bond donors (Lipinski definition) is 1. The molecule has 10 nitrogen and oxygen atoms in total. The van der Waals surface area contributed by atoms with Crippen molar-refractivity contribution in [2.24, 2.45) is 0 Å². The molecule has 5 rings (SSSR count). The van der Waals surface area contributed by atoms with Crippen LogP contribution in [0.1, 0.15) is 34.9 Å². The van der Waals surface area contributed by atoms with E-state index in [1.165, 1.54) is 10.8 Å². The molecule has 12 heteroatoms. The average molecular weight is 625 g/mol. The van der Waals surface area contributed by atoms with Gasteiger partial charge in [-0.15, -0.1) is 0 Å². The maximum absolute atomic E-state index is 14.4. The fraction of sp³-hybridized carbons (Fsp3) is 0.312. The number of ether oxygens (including phenoxy) is 4. The van der Waals surface area contributed by atoms with Crippen molar-refractivity contribution in [3.63, 3.8) is 0 Å². The van der Waals surface area contributed by atoms with Crippen molar-refractivity contribution in [2.75, 3.05) is 27.5 Å². The lowest BCUT2D eigenvalue weighted by molar-refractivity contribution is -0.0918. The van der Waals surface area contributed by atoms with E-state index < -0.39 is 43.0 Å². The molecule has 0 amide bonds. The van der Waals surface area contributed by atoms with Crippen molar-refractivity contribution in [3.8, 4) is 11.5 Å². The molecule has 0 saturated carbocycles. The van der Waals surface area contributed by atoms with Crippen molar-refractivity contribution in [1.29, 1.82) is 0 Å². The Morgan fingerprint density at radius 1 is 0.932 bits per heavy atom. The number of hydrogen-bond acceptors (Lipinski definition) is 8. The van der Waals surface area contributed by atoms with Gasteiger partial charge in [-0.05, 0) is 47.9 Å². The Morgan fingerprint density at radius 3 is 2.00 bits per heavy atom. The Hall–Kier alpha value is -4.02. The van der Waals surface area contributed by atoms with Crippen LogP contribution in [0.2, 0.25) is 0 Å². The van der Waals surface area contributed by atoms with E-state index in [2.05, 4.69) is 4.98 Å². The number of nitrogens with one attached hydrogen (secondary N) is 1. The normalized spacial score (nSPS) is 19.8. The third-order valence-electron chi connectivity index (χ3n) is 7.60. The summed E-state index contributed by atoms with van der Waals surface area (Å²) in [5, 5.41) is 0. The molecule has 1 aliphatic rings. The highest BCUT2D eigenvalue weighted by molar-refractivity contribution is 7.52. The molecular formula is C32H34FN2O8P. The molecule has 3 aromatic carbocycles. The molecule has 2 heterocycles. The van der Waals surface area contributed by atoms with Crippen LogP contribution in [0.15, 0.2) is 94.6 Å². The zero-order valence-corrected chi connectivity index (χ0v) is 25.7. The first-order chi connectivity index (χ1) is 21.0. The monoisotopic (exact) mass is 624 g/mol. The first kappa shape index (κ1) is 31.4. The minimum atomic E-state index is -4.46. The van der Waals surface area contributed by atoms with Crippen LogP contribution in [-0.4, -0.2) is 49.3 Å². The van der Waals surface area contributed by atoms with Crippen LogP contribution >= 0.6 is 7.68 Å². The van der Waals surface area contributed by atoms with Crippen molar-refractivity contribution in [2.45, 2.75) is 37.4 Å². The van der Waals surface area contributed by atoms with Gasteiger partial charge in [-0.25, -0.2) is 4.79 Å². The molecule has 44 heavy (non-hydrogen) atoms. The highest BCUT2D eigenvalue weighted by atomic mass is 31.2. The second-order valence-corrected chi connectivity index (χ2v) is 12.3. The number of aromatic amines is 1. The average Bonchev–Trinajstić information content (AvgIpc) is 3.41. The van der Waals surface area contributed by atoms with Gasteiger partial charge in [0.05, 0.1) is 20.8 Å². The van der Waals surface area contributed by atoms with Crippen LogP contribution in [0.3, 0.4) is 0 Å². The number of benzene rings is 3. The lowest BCUT2D eigenvalue weighted by Gasteiger charge is -2.37. The molecule has 1 aromatic heterocycles. The highest BCUT2D eigenvalue weighted by Gasteiger charge is 2.44. The number of halogens is 1. The predicted octanol–water partition coefficient (Wildman–Crippen LogP) is 5.34. The summed E-state index contributed by atoms with van der Waals surface area (Å²) >= 11 is 0. The summed E-state index contributed by atoms with van der Waals surface area (Å²) in [6.45, 7) is 2.28. The zero-order chi connectivity index (χ0) is 31.5. The van der Waals surface area contributed by atoms with Gasteiger partial charge in [0.15, 0.2) is 0 Å². The van der Waals surface area contributed by atoms with Crippen molar-refractivity contribution >= 4 is 7.68 Å². The van der Waals surface area contributed by atoms with Gasteiger partial charge in [0.1, 0.15) is 35.5 Å². The second kappa shape index (κ2) is 12.9. The smallest absolute Gasteiger partial charge is 0.364 e. The maximum atomic E-state index is 14.4. The molecule has 232 valence electrons. The SMILES string of the molecule is COc1ccc(C(OC[C@H]2O[C@@H](n3cc(C)c(=O)[nH]c3=O)C[C@@H]2OP(C)(=O)F)(c2ccccc2)c2ccc(OC)cc2)cc1. The molecule has 0 bridgehead atoms. The van der Waals surface area contributed by atoms with Gasteiger partial charge in [0.2, 0.25) is 0 Å². The fourth-order valence-electron chi connectivity index (χ4n) is 5.46. The Kier molecular flexibility index (Phi) is 9.22. The fourth-order valence-corrected chi connectivity index (χ4v) is 6.16. The third-order valence-corrected chi connectivity index (χ3v) is 8.25. The van der Waals surface area contributed by atoms with Gasteiger partial charge in [0.25, 0.3) is 5.56 Å². The molecule has 1 saturated heterocycles. The number of aromatic nitrogens is 2. The van der Waals surface area contributed by atoms with Crippen LogP contribution in [0, 0.1) is 6.92 Å². The van der Waals surface area contributed by atoms with E-state index in [0.717, 1.165) is 23.4 Å². The topological polar surface area (TPSA) is 118 Å². The number of methoxy groups -OCH3 is 2. The standard InChI is InChI=1S/C32H34FN2O8P/c1-21-19-35(31(37)34-30(21)36)29-18-27(43-44(4,33)38)28(42-29)20-41-32(22-8-6-5-7-9-22,23-10-14-25(39-2)15-11-23)24-12-16-26(40-3)17-13-24/h5-17,19,27-29H,18,20H2,1-4H3,(H,34,36,37)/t27-,28+,29+,44?/m0/s1. The molecule has 4 aromatic rings. The Bertz CT molecular complexity index is 1690. The molecular weight excluding hydrogens is 590 g/mol. The lowest BCUT2D eigenvalue weighted by atomic mass is 9.80. The molecule has 4 atom stereocenters. The van der Waals surface area contributed by atoms with Crippen LogP contribution in [0.4, 0.5) is 4.20 Å². The molecule has 0 radical (unpaired) electrons. The summed E-state index contributed by atoms with van der Waals surface area (Å²) in [6, 6.07) is 24.5. The van der Waals surface area contributed by atoms with Gasteiger partial charge in [-0.1, -0.05) is 54.6 Å². The number of H-pyrrole nitrogens is 1. The minimum absolute atomic E-state index is 0.00935. The summed E-state index contributed by atoms with van der Waals surface area (Å²) in [5.74, 6) is 1.31. The third kappa shape index (κ3) is 6.56. The summed E-state index contributed by atoms with van der Waals surface area (Å²) < 4.78 is 57.1. The van der Waals surface area contributed by atoms with E-state index in [9.17, 15) is 18.4 Å². The van der Waals surface area contributed by atoms with Crippen LogP contribution in [0.5, 0.6) is 11.5 Å². The van der Waals surface area contributed by atoms with Gasteiger partial charge >= 0.3 is 13.4 Å². The number of aryl methyl sites for hydroxylation is 1. The van der Waals surface area contributed by atoms with Crippen molar-refractivity contribution in [3.05, 3.63) is 128 Å². The molecule has 1 fully saturated rings. The van der Waals surface area contributed by atoms with Gasteiger partial charge in [-0.2, -0.15) is 4.20 Å². The van der Waals surface area contributed by atoms with E-state index in [1.807, 2.05) is 78.9 Å². The second-order valence-electron chi connectivity index (χ2n) is 10.5. The summed E-state index contributed by atoms with van der Waals surface area (Å²) in [4.78, 5) is 26.9. The molecule has 1 unspecified atom stereocenters. The van der Waals surface area contributed by atoms with E-state index in [1.54, 1.807) is 21.1 Å². The largest absolute Gasteiger partial charge is 0.497 e. The van der Waals surface area contributed by atoms with Crippen molar-refractivity contribution < 1.29 is 32.2 Å². The number of rotatable bonds is 11. The number of nitrogens with zero attached hydrogens (tertiary/aromatic N) is 1. The summed E-state index contributed by atoms with van der Waals surface area (Å²) in [6.07, 6.45) is -1.54. The molecule has 0 spiro atoms. The van der Waals surface area contributed by atoms with Gasteiger partial charge in [0, 0.05) is 24.8 Å². The summed E-state index contributed by atoms with van der Waals surface area (Å²) in [7, 11) is -1.30. The van der Waals surface area contributed by atoms with Gasteiger partial charge in [-0.3, -0.25) is 23.4 Å². The minimum Gasteiger partial charge on any atom is -0.497 e. The Morgan fingerprint density at radius 2 is 1.48 bits per heavy atom. The highest BCUT2D eigenvalue weighted by Crippen LogP contribution is 2.49. The van der Waals surface area contributed by atoms with E-state index in [0.29, 0.717) is 17.1 Å². The van der Waals surface area contributed by atoms with Crippen molar-refractivity contribution in [1.82, 2.24) is 9.55 Å². The Labute approximate surface area is 253 Å². The quantitative estimate of drug-likeness (QED) is 0.176. The molecule has 1 N–H and O–H groups in total. The molecule has 0 aliphatic carbocycles. The van der Waals surface area contributed by atoms with Crippen LogP contribution in [-0.2, 0) is 24.2 Å². The van der Waals surface area contributed by atoms with Crippen LogP contribution in [0.25, 0.3) is 0 Å². The van der Waals surface area contributed by atoms with E-state index in [4.69, 9.17) is 23.5 Å². The predicted molar refractivity (Wildman–Crippen MR) is 162 cm³/mol.